The van der Waals surface area contributed by atoms with Gasteiger partial charge in [0.25, 0.3) is 0 Å². The van der Waals surface area contributed by atoms with Gasteiger partial charge in [0.2, 0.25) is 9.84 Å². The molecule has 1 rings (SSSR count). The number of halogens is 3. The fraction of sp³-hybridized carbons (Fsp3) is 0.455. The first-order valence-electron chi connectivity index (χ1n) is 5.20. The second kappa shape index (κ2) is 6.91. The van der Waals surface area contributed by atoms with Crippen LogP contribution in [0.25, 0.3) is 0 Å². The van der Waals surface area contributed by atoms with Gasteiger partial charge in [-0.2, -0.15) is 0 Å². The molecular weight excluding hydrogens is 485 g/mol. The summed E-state index contributed by atoms with van der Waals surface area (Å²) in [6.07, 6.45) is 3.14. The highest BCUT2D eigenvalue weighted by atomic mass is 127. The molecule has 2 nitrogen and oxygen atoms in total. The zero-order valence-corrected chi connectivity index (χ0v) is 15.2. The molecule has 0 saturated heterocycles. The van der Waals surface area contributed by atoms with Crippen LogP contribution < -0.4 is 0 Å². The van der Waals surface area contributed by atoms with Gasteiger partial charge in [-0.1, -0.05) is 76.2 Å². The van der Waals surface area contributed by atoms with Crippen molar-refractivity contribution in [1.29, 1.82) is 0 Å². The van der Waals surface area contributed by atoms with Gasteiger partial charge in [-0.15, -0.1) is 0 Å². The lowest BCUT2D eigenvalue weighted by Crippen LogP contribution is -2.09. The summed E-state index contributed by atoms with van der Waals surface area (Å²) in [6, 6.07) is 5.23. The summed E-state index contributed by atoms with van der Waals surface area (Å²) in [5.41, 5.74) is 1.09. The van der Waals surface area contributed by atoms with E-state index in [0.717, 1.165) is 24.8 Å². The molecule has 0 heterocycles. The van der Waals surface area contributed by atoms with Gasteiger partial charge in [0, 0.05) is 0 Å². The van der Waals surface area contributed by atoms with Gasteiger partial charge in [0.15, 0.2) is 1.26 Å². The van der Waals surface area contributed by atoms with Crippen LogP contribution in [0.5, 0.6) is 0 Å². The molecule has 0 aliphatic carbocycles. The van der Waals surface area contributed by atoms with E-state index in [0.29, 0.717) is 5.02 Å². The Morgan fingerprint density at radius 3 is 2.47 bits per heavy atom. The molecular formula is C11H13ClI2O2S. The maximum absolute atomic E-state index is 12.0. The highest BCUT2D eigenvalue weighted by Gasteiger charge is 2.24. The van der Waals surface area contributed by atoms with Crippen LogP contribution in [-0.4, -0.2) is 9.68 Å². The molecule has 0 fully saturated rings. The number of aryl methyl sites for hydroxylation is 1. The first kappa shape index (κ1) is 16.0. The van der Waals surface area contributed by atoms with Crippen LogP contribution in [0, 0.1) is 0 Å². The van der Waals surface area contributed by atoms with E-state index < -0.39 is 11.1 Å². The minimum atomic E-state index is -3.30. The Bertz CT molecular complexity index is 486. The van der Waals surface area contributed by atoms with E-state index in [-0.39, 0.29) is 4.90 Å². The quantitative estimate of drug-likeness (QED) is 0.439. The number of hydrogen-bond donors (Lipinski definition) is 0. The molecule has 0 aromatic heterocycles. The second-order valence-electron chi connectivity index (χ2n) is 3.67. The lowest BCUT2D eigenvalue weighted by Gasteiger charge is -2.09. The summed E-state index contributed by atoms with van der Waals surface area (Å²) in [7, 11) is -3.30. The van der Waals surface area contributed by atoms with Crippen molar-refractivity contribution in [2.75, 3.05) is 0 Å². The fourth-order valence-corrected chi connectivity index (χ4v) is 4.36. The first-order valence-corrected chi connectivity index (χ1v) is 9.61. The van der Waals surface area contributed by atoms with E-state index in [1.165, 1.54) is 0 Å². The molecule has 96 valence electrons. The van der Waals surface area contributed by atoms with Crippen LogP contribution in [-0.2, 0) is 16.3 Å². The number of alkyl halides is 2. The van der Waals surface area contributed by atoms with Crippen molar-refractivity contribution in [2.45, 2.75) is 32.3 Å². The average molecular weight is 499 g/mol. The molecule has 0 bridgehead atoms. The fourth-order valence-electron chi connectivity index (χ4n) is 1.41. The molecule has 17 heavy (non-hydrogen) atoms. The van der Waals surface area contributed by atoms with E-state index in [1.807, 2.05) is 51.2 Å². The van der Waals surface area contributed by atoms with Gasteiger partial charge in [0.05, 0.1) is 9.92 Å². The standard InChI is InChI=1S/C11H13ClI2O2S/c1-2-3-4-8-5-6-10(9(12)7-8)17(15,16)11(13)14/h5-7,11H,2-4H2,1H3. The summed E-state index contributed by atoms with van der Waals surface area (Å²) >= 11 is 9.80. The second-order valence-corrected chi connectivity index (χ2v) is 12.6. The molecule has 1 aromatic carbocycles. The largest absolute Gasteiger partial charge is 0.222 e. The molecule has 0 saturated carbocycles. The van der Waals surface area contributed by atoms with E-state index in [2.05, 4.69) is 6.92 Å². The summed E-state index contributed by atoms with van der Waals surface area (Å²) in [5.74, 6) is 0. The smallest absolute Gasteiger partial charge is 0.201 e. The topological polar surface area (TPSA) is 34.1 Å². The van der Waals surface area contributed by atoms with Crippen molar-refractivity contribution in [3.63, 3.8) is 0 Å². The Morgan fingerprint density at radius 2 is 2.00 bits per heavy atom. The highest BCUT2D eigenvalue weighted by molar-refractivity contribution is 14.2. The molecule has 0 spiro atoms. The van der Waals surface area contributed by atoms with Gasteiger partial charge in [0.1, 0.15) is 0 Å². The van der Waals surface area contributed by atoms with Gasteiger partial charge in [-0.3, -0.25) is 0 Å². The lowest BCUT2D eigenvalue weighted by atomic mass is 10.1. The monoisotopic (exact) mass is 498 g/mol. The summed E-state index contributed by atoms with van der Waals surface area (Å²) in [4.78, 5) is 0.230. The van der Waals surface area contributed by atoms with Gasteiger partial charge >= 0.3 is 0 Å². The van der Waals surface area contributed by atoms with Crippen molar-refractivity contribution < 1.29 is 8.42 Å². The van der Waals surface area contributed by atoms with Gasteiger partial charge in [-0.25, -0.2) is 8.42 Å². The van der Waals surface area contributed by atoms with Crippen molar-refractivity contribution >= 4 is 66.6 Å². The van der Waals surface area contributed by atoms with Crippen LogP contribution in [0.3, 0.4) is 0 Å². The minimum Gasteiger partial charge on any atom is -0.222 e. The molecule has 0 aliphatic rings. The van der Waals surface area contributed by atoms with Gasteiger partial charge in [-0.05, 0) is 30.5 Å². The third-order valence-corrected chi connectivity index (χ3v) is 8.24. The molecule has 0 aliphatic heterocycles. The SMILES string of the molecule is CCCCc1ccc(S(=O)(=O)C(I)I)c(Cl)c1. The van der Waals surface area contributed by atoms with Crippen molar-refractivity contribution in [1.82, 2.24) is 0 Å². The zero-order chi connectivity index (χ0) is 13.1. The zero-order valence-electron chi connectivity index (χ0n) is 9.29. The van der Waals surface area contributed by atoms with Crippen LogP contribution >= 0.6 is 56.8 Å². The van der Waals surface area contributed by atoms with Crippen molar-refractivity contribution in [2.24, 2.45) is 0 Å². The van der Waals surface area contributed by atoms with Gasteiger partial charge < -0.3 is 0 Å². The first-order chi connectivity index (χ1) is 7.89. The predicted octanol–water partition coefficient (Wildman–Crippen LogP) is 4.61. The molecule has 0 N–H and O–H groups in total. The number of hydrogen-bond acceptors (Lipinski definition) is 2. The van der Waals surface area contributed by atoms with E-state index in [1.54, 1.807) is 12.1 Å². The lowest BCUT2D eigenvalue weighted by molar-refractivity contribution is 0.600. The Hall–Kier alpha value is 0.920. The van der Waals surface area contributed by atoms with E-state index in [4.69, 9.17) is 11.6 Å². The average Bonchev–Trinajstić information content (AvgIpc) is 2.25. The summed E-state index contributed by atoms with van der Waals surface area (Å²) < 4.78 is 23.5. The normalized spacial score (nSPS) is 12.1. The molecule has 1 aromatic rings. The third-order valence-electron chi connectivity index (χ3n) is 2.36. The Balaban J connectivity index is 3.06. The van der Waals surface area contributed by atoms with Crippen LogP contribution in [0.1, 0.15) is 25.3 Å². The maximum Gasteiger partial charge on any atom is 0.201 e. The Kier molecular flexibility index (Phi) is 6.49. The Labute approximate surface area is 135 Å². The Morgan fingerprint density at radius 1 is 1.35 bits per heavy atom. The third kappa shape index (κ3) is 4.21. The predicted molar refractivity (Wildman–Crippen MR) is 89.1 cm³/mol. The van der Waals surface area contributed by atoms with E-state index >= 15 is 0 Å². The van der Waals surface area contributed by atoms with Crippen molar-refractivity contribution in [3.05, 3.63) is 28.8 Å². The minimum absolute atomic E-state index is 0.230. The highest BCUT2D eigenvalue weighted by Crippen LogP contribution is 2.31. The van der Waals surface area contributed by atoms with Crippen LogP contribution in [0.15, 0.2) is 23.1 Å². The number of rotatable bonds is 5. The van der Waals surface area contributed by atoms with Crippen molar-refractivity contribution in [3.8, 4) is 0 Å². The number of sulfone groups is 1. The van der Waals surface area contributed by atoms with E-state index in [9.17, 15) is 8.42 Å². The summed E-state index contributed by atoms with van der Waals surface area (Å²) in [5, 5.41) is 0.330. The molecule has 6 heteroatoms. The maximum atomic E-state index is 12.0. The van der Waals surface area contributed by atoms with Crippen LogP contribution in [0.4, 0.5) is 0 Å². The molecule has 0 unspecified atom stereocenters. The number of unbranched alkanes of at least 4 members (excludes halogenated alkanes) is 1. The summed E-state index contributed by atoms with van der Waals surface area (Å²) in [6.45, 7) is 2.12. The number of benzene rings is 1. The molecule has 0 atom stereocenters. The molecule has 0 radical (unpaired) electrons. The molecule has 0 amide bonds. The van der Waals surface area contributed by atoms with Crippen LogP contribution in [0.2, 0.25) is 5.02 Å².